The lowest BCUT2D eigenvalue weighted by Gasteiger charge is -2.12. The van der Waals surface area contributed by atoms with Gasteiger partial charge in [-0.15, -0.1) is 0 Å². The van der Waals surface area contributed by atoms with Crippen molar-refractivity contribution in [3.63, 3.8) is 0 Å². The second-order valence-electron chi connectivity index (χ2n) is 4.02. The molecule has 1 aromatic heterocycles. The molecule has 0 radical (unpaired) electrons. The van der Waals surface area contributed by atoms with Crippen LogP contribution in [0.25, 0.3) is 0 Å². The maximum absolute atomic E-state index is 5.07. The predicted molar refractivity (Wildman–Crippen MR) is 49.7 cm³/mol. The second-order valence-corrected chi connectivity index (χ2v) is 4.02. The van der Waals surface area contributed by atoms with Crippen molar-refractivity contribution < 1.29 is 4.42 Å². The largest absolute Gasteiger partial charge is 0.456 e. The molecule has 0 aromatic carbocycles. The van der Waals surface area contributed by atoms with Gasteiger partial charge in [0.1, 0.15) is 0 Å². The average Bonchev–Trinajstić information content (AvgIpc) is 2.36. The summed E-state index contributed by atoms with van der Waals surface area (Å²) in [5.74, 6) is 6.80. The molecule has 1 heteroatoms. The van der Waals surface area contributed by atoms with Crippen LogP contribution in [0.15, 0.2) is 22.8 Å². The summed E-state index contributed by atoms with van der Waals surface area (Å²) in [4.78, 5) is 0. The predicted octanol–water partition coefficient (Wildman–Crippen LogP) is 3.07. The number of hydrogen-bond donors (Lipinski definition) is 0. The van der Waals surface area contributed by atoms with Crippen LogP contribution in [0.5, 0.6) is 0 Å². The van der Waals surface area contributed by atoms with E-state index >= 15 is 0 Å². The first-order valence-corrected chi connectivity index (χ1v) is 4.10. The Morgan fingerprint density at radius 1 is 1.42 bits per heavy atom. The van der Waals surface area contributed by atoms with Crippen molar-refractivity contribution in [1.29, 1.82) is 0 Å². The molecule has 0 saturated carbocycles. The molecule has 1 aromatic rings. The quantitative estimate of drug-likeness (QED) is 0.534. The zero-order chi connectivity index (χ0) is 9.03. The van der Waals surface area contributed by atoms with Gasteiger partial charge in [0.25, 0.3) is 0 Å². The summed E-state index contributed by atoms with van der Waals surface area (Å²) in [6.45, 7) is 6.51. The van der Waals surface area contributed by atoms with Crippen molar-refractivity contribution in [2.24, 2.45) is 5.41 Å². The van der Waals surface area contributed by atoms with Crippen LogP contribution in [-0.4, -0.2) is 0 Å². The highest BCUT2D eigenvalue weighted by atomic mass is 16.3. The topological polar surface area (TPSA) is 13.1 Å². The Labute approximate surface area is 73.8 Å². The molecule has 1 heterocycles. The summed E-state index contributed by atoms with van der Waals surface area (Å²) in [6, 6.07) is 3.72. The zero-order valence-corrected chi connectivity index (χ0v) is 7.85. The van der Waals surface area contributed by atoms with Crippen LogP contribution in [-0.2, 0) is 0 Å². The summed E-state index contributed by atoms with van der Waals surface area (Å²) >= 11 is 0. The molecule has 1 nitrogen and oxygen atoms in total. The number of rotatable bonds is 0. The van der Waals surface area contributed by atoms with Gasteiger partial charge in [-0.25, -0.2) is 0 Å². The van der Waals surface area contributed by atoms with Crippen molar-refractivity contribution in [3.8, 4) is 11.8 Å². The van der Waals surface area contributed by atoms with Crippen molar-refractivity contribution >= 4 is 0 Å². The van der Waals surface area contributed by atoms with E-state index < -0.39 is 0 Å². The molecular weight excluding hydrogens is 148 g/mol. The SMILES string of the molecule is CC(C)(C)CC#Cc1ccco1. The van der Waals surface area contributed by atoms with Gasteiger partial charge in [0, 0.05) is 6.42 Å². The minimum Gasteiger partial charge on any atom is -0.456 e. The second kappa shape index (κ2) is 3.49. The van der Waals surface area contributed by atoms with E-state index in [0.717, 1.165) is 12.2 Å². The third-order valence-electron chi connectivity index (χ3n) is 1.35. The summed E-state index contributed by atoms with van der Waals surface area (Å²) < 4.78 is 5.07. The Morgan fingerprint density at radius 2 is 2.17 bits per heavy atom. The van der Waals surface area contributed by atoms with E-state index in [2.05, 4.69) is 32.6 Å². The fraction of sp³-hybridized carbons (Fsp3) is 0.455. The Hall–Kier alpha value is -1.16. The molecule has 0 amide bonds. The van der Waals surface area contributed by atoms with E-state index in [-0.39, 0.29) is 5.41 Å². The van der Waals surface area contributed by atoms with E-state index in [1.165, 1.54) is 0 Å². The van der Waals surface area contributed by atoms with Crippen LogP contribution in [0.2, 0.25) is 0 Å². The lowest BCUT2D eigenvalue weighted by atomic mass is 9.93. The average molecular weight is 162 g/mol. The monoisotopic (exact) mass is 162 g/mol. The minimum absolute atomic E-state index is 0.277. The van der Waals surface area contributed by atoms with Gasteiger partial charge in [0.2, 0.25) is 0 Å². The van der Waals surface area contributed by atoms with E-state index in [1.807, 2.05) is 12.1 Å². The third kappa shape index (κ3) is 3.30. The van der Waals surface area contributed by atoms with Gasteiger partial charge >= 0.3 is 0 Å². The summed E-state index contributed by atoms with van der Waals surface area (Å²) in [5.41, 5.74) is 0.277. The first kappa shape index (κ1) is 8.93. The zero-order valence-electron chi connectivity index (χ0n) is 7.85. The summed E-state index contributed by atoms with van der Waals surface area (Å²) in [5, 5.41) is 0. The van der Waals surface area contributed by atoms with Gasteiger partial charge in [-0.1, -0.05) is 26.7 Å². The molecule has 0 bridgehead atoms. The van der Waals surface area contributed by atoms with Crippen molar-refractivity contribution in [1.82, 2.24) is 0 Å². The van der Waals surface area contributed by atoms with Gasteiger partial charge in [0.05, 0.1) is 6.26 Å². The lowest BCUT2D eigenvalue weighted by Crippen LogP contribution is -2.01. The van der Waals surface area contributed by atoms with Crippen LogP contribution in [0.1, 0.15) is 33.0 Å². The normalized spacial score (nSPS) is 10.6. The van der Waals surface area contributed by atoms with Crippen molar-refractivity contribution in [2.75, 3.05) is 0 Å². The molecule has 0 spiro atoms. The standard InChI is InChI=1S/C11H14O/c1-11(2,3)8-4-6-10-7-5-9-12-10/h5,7,9H,8H2,1-3H3. The first-order chi connectivity index (χ1) is 5.58. The smallest absolute Gasteiger partial charge is 0.176 e. The van der Waals surface area contributed by atoms with Crippen LogP contribution in [0, 0.1) is 17.3 Å². The molecule has 0 aliphatic rings. The van der Waals surface area contributed by atoms with E-state index in [9.17, 15) is 0 Å². The number of hydrogen-bond acceptors (Lipinski definition) is 1. The molecular formula is C11H14O. The van der Waals surface area contributed by atoms with E-state index in [1.54, 1.807) is 6.26 Å². The van der Waals surface area contributed by atoms with Crippen molar-refractivity contribution in [3.05, 3.63) is 24.2 Å². The molecule has 0 aliphatic heterocycles. The van der Waals surface area contributed by atoms with Crippen LogP contribution in [0.3, 0.4) is 0 Å². The Morgan fingerprint density at radius 3 is 2.67 bits per heavy atom. The molecule has 64 valence electrons. The fourth-order valence-electron chi connectivity index (χ4n) is 0.746. The molecule has 0 N–H and O–H groups in total. The summed E-state index contributed by atoms with van der Waals surface area (Å²) in [7, 11) is 0. The fourth-order valence-corrected chi connectivity index (χ4v) is 0.746. The minimum atomic E-state index is 0.277. The molecule has 0 aliphatic carbocycles. The molecule has 0 atom stereocenters. The van der Waals surface area contributed by atoms with Crippen LogP contribution < -0.4 is 0 Å². The highest BCUT2D eigenvalue weighted by Crippen LogP contribution is 2.16. The maximum atomic E-state index is 5.07. The van der Waals surface area contributed by atoms with Gasteiger partial charge < -0.3 is 4.42 Å². The summed E-state index contributed by atoms with van der Waals surface area (Å²) in [6.07, 6.45) is 2.54. The number of furan rings is 1. The van der Waals surface area contributed by atoms with Crippen LogP contribution in [0.4, 0.5) is 0 Å². The Kier molecular flexibility index (Phi) is 2.60. The van der Waals surface area contributed by atoms with E-state index in [4.69, 9.17) is 4.42 Å². The van der Waals surface area contributed by atoms with Crippen LogP contribution >= 0.6 is 0 Å². The van der Waals surface area contributed by atoms with Gasteiger partial charge in [-0.05, 0) is 23.5 Å². The van der Waals surface area contributed by atoms with E-state index in [0.29, 0.717) is 0 Å². The Balaban J connectivity index is 2.51. The van der Waals surface area contributed by atoms with Gasteiger partial charge in [-0.3, -0.25) is 0 Å². The van der Waals surface area contributed by atoms with Gasteiger partial charge in [0.15, 0.2) is 5.76 Å². The molecule has 0 saturated heterocycles. The lowest BCUT2D eigenvalue weighted by molar-refractivity contribution is 0.427. The van der Waals surface area contributed by atoms with Crippen molar-refractivity contribution in [2.45, 2.75) is 27.2 Å². The molecule has 1 rings (SSSR count). The molecule has 0 fully saturated rings. The highest BCUT2D eigenvalue weighted by Gasteiger charge is 2.06. The maximum Gasteiger partial charge on any atom is 0.176 e. The molecule has 12 heavy (non-hydrogen) atoms. The van der Waals surface area contributed by atoms with Gasteiger partial charge in [-0.2, -0.15) is 0 Å². The Bertz CT molecular complexity index is 277. The molecule has 0 unspecified atom stereocenters. The third-order valence-corrected chi connectivity index (χ3v) is 1.35. The first-order valence-electron chi connectivity index (χ1n) is 4.10. The highest BCUT2D eigenvalue weighted by molar-refractivity contribution is 5.24.